The van der Waals surface area contributed by atoms with Crippen LogP contribution in [0.15, 0.2) is 28.7 Å². The van der Waals surface area contributed by atoms with Crippen LogP contribution in [0.3, 0.4) is 0 Å². The minimum Gasteiger partial charge on any atom is -0.497 e. The molecule has 0 aliphatic carbocycles. The molecule has 0 saturated carbocycles. The Morgan fingerprint density at radius 1 is 1.39 bits per heavy atom. The van der Waals surface area contributed by atoms with Gasteiger partial charge >= 0.3 is 6.09 Å². The summed E-state index contributed by atoms with van der Waals surface area (Å²) >= 11 is 0. The number of carbonyl (C=O) groups excluding carboxylic acids is 1. The van der Waals surface area contributed by atoms with Gasteiger partial charge in [-0.15, -0.1) is 0 Å². The van der Waals surface area contributed by atoms with E-state index < -0.39 is 6.09 Å². The van der Waals surface area contributed by atoms with Crippen molar-refractivity contribution in [1.82, 2.24) is 9.88 Å². The van der Waals surface area contributed by atoms with E-state index in [1.54, 1.807) is 14.0 Å². The number of aliphatic hydroxyl groups excluding tert-OH is 1. The van der Waals surface area contributed by atoms with Crippen LogP contribution in [0.1, 0.15) is 11.5 Å². The Balaban J connectivity index is 1.81. The number of methoxy groups -OCH3 is 1. The van der Waals surface area contributed by atoms with Crippen molar-refractivity contribution in [2.24, 2.45) is 0 Å². The molecule has 0 bridgehead atoms. The number of carbonyl (C=O) groups is 1. The maximum absolute atomic E-state index is 11.7. The number of nitrogens with zero attached hydrogens (tertiary/aromatic N) is 2. The molecule has 2 heterocycles. The first kappa shape index (κ1) is 15.4. The highest BCUT2D eigenvalue weighted by atomic mass is 16.6. The van der Waals surface area contributed by atoms with Crippen molar-refractivity contribution in [3.05, 3.63) is 35.7 Å². The lowest BCUT2D eigenvalue weighted by atomic mass is 10.2. The number of aromatic nitrogens is 1. The molecule has 1 aromatic carbocycles. The standard InChI is InChI=1S/C16H18N2O5/c1-10-14(7-18-12(8-19)9-22-16(18)20)17-15(23-10)11-3-5-13(21-2)6-4-11/h3-6,12,19H,7-9H2,1-2H3. The summed E-state index contributed by atoms with van der Waals surface area (Å²) in [5.41, 5.74) is 1.47. The Morgan fingerprint density at radius 2 is 2.13 bits per heavy atom. The molecular weight excluding hydrogens is 300 g/mol. The molecule has 1 aliphatic rings. The van der Waals surface area contributed by atoms with E-state index in [2.05, 4.69) is 4.98 Å². The summed E-state index contributed by atoms with van der Waals surface area (Å²) in [6.07, 6.45) is -0.447. The maximum Gasteiger partial charge on any atom is 0.410 e. The lowest BCUT2D eigenvalue weighted by Gasteiger charge is -2.18. The fourth-order valence-electron chi connectivity index (χ4n) is 2.43. The Morgan fingerprint density at radius 3 is 2.78 bits per heavy atom. The number of oxazole rings is 1. The normalized spacial score (nSPS) is 17.4. The monoisotopic (exact) mass is 318 g/mol. The molecule has 1 unspecified atom stereocenters. The topological polar surface area (TPSA) is 85.0 Å². The lowest BCUT2D eigenvalue weighted by molar-refractivity contribution is 0.150. The first-order valence-electron chi connectivity index (χ1n) is 7.27. The van der Waals surface area contributed by atoms with Gasteiger partial charge in [-0.3, -0.25) is 4.90 Å². The summed E-state index contributed by atoms with van der Waals surface area (Å²) in [6.45, 7) is 2.09. The third-order valence-electron chi connectivity index (χ3n) is 3.83. The molecule has 0 radical (unpaired) electrons. The Hall–Kier alpha value is -2.54. The van der Waals surface area contributed by atoms with Crippen molar-refractivity contribution < 1.29 is 23.8 Å². The molecule has 0 spiro atoms. The zero-order chi connectivity index (χ0) is 16.4. The second-order valence-corrected chi connectivity index (χ2v) is 5.29. The molecule has 1 atom stereocenters. The summed E-state index contributed by atoms with van der Waals surface area (Å²) in [6, 6.07) is 7.02. The van der Waals surface area contributed by atoms with Crippen LogP contribution in [0.5, 0.6) is 5.75 Å². The van der Waals surface area contributed by atoms with Gasteiger partial charge in [0.05, 0.1) is 26.3 Å². The molecule has 1 aliphatic heterocycles. The number of hydrogen-bond donors (Lipinski definition) is 1. The molecule has 1 fully saturated rings. The Bertz CT molecular complexity index is 695. The number of ether oxygens (including phenoxy) is 2. The molecular formula is C16H18N2O5. The van der Waals surface area contributed by atoms with Crippen LogP contribution in [-0.4, -0.2) is 47.4 Å². The third kappa shape index (κ3) is 3.00. The molecule has 7 heteroatoms. The molecule has 1 amide bonds. The highest BCUT2D eigenvalue weighted by Gasteiger charge is 2.33. The Kier molecular flexibility index (Phi) is 4.20. The Labute approximate surface area is 133 Å². The maximum atomic E-state index is 11.7. The largest absolute Gasteiger partial charge is 0.497 e. The van der Waals surface area contributed by atoms with Crippen molar-refractivity contribution in [1.29, 1.82) is 0 Å². The minimum absolute atomic E-state index is 0.145. The third-order valence-corrected chi connectivity index (χ3v) is 3.83. The lowest BCUT2D eigenvalue weighted by Crippen LogP contribution is -2.35. The quantitative estimate of drug-likeness (QED) is 0.907. The number of hydrogen-bond acceptors (Lipinski definition) is 6. The van der Waals surface area contributed by atoms with Crippen LogP contribution in [0.4, 0.5) is 4.79 Å². The molecule has 2 aromatic rings. The van der Waals surface area contributed by atoms with E-state index in [1.165, 1.54) is 4.90 Å². The van der Waals surface area contributed by atoms with Crippen LogP contribution in [-0.2, 0) is 11.3 Å². The molecule has 1 N–H and O–H groups in total. The van der Waals surface area contributed by atoms with Gasteiger partial charge in [0.2, 0.25) is 5.89 Å². The van der Waals surface area contributed by atoms with E-state index in [1.807, 2.05) is 24.3 Å². The van der Waals surface area contributed by atoms with E-state index in [4.69, 9.17) is 13.9 Å². The van der Waals surface area contributed by atoms with E-state index >= 15 is 0 Å². The fourth-order valence-corrected chi connectivity index (χ4v) is 2.43. The molecule has 1 saturated heterocycles. The molecule has 1 aromatic heterocycles. The SMILES string of the molecule is COc1ccc(-c2nc(CN3C(=O)OCC3CO)c(C)o2)cc1. The average Bonchev–Trinajstić information content (AvgIpc) is 3.11. The number of benzene rings is 1. The highest BCUT2D eigenvalue weighted by Crippen LogP contribution is 2.25. The van der Waals surface area contributed by atoms with Crippen molar-refractivity contribution >= 4 is 6.09 Å². The van der Waals surface area contributed by atoms with Gasteiger partial charge in [0, 0.05) is 5.56 Å². The molecule has 122 valence electrons. The van der Waals surface area contributed by atoms with Crippen LogP contribution < -0.4 is 4.74 Å². The van der Waals surface area contributed by atoms with Crippen LogP contribution in [0.25, 0.3) is 11.5 Å². The first-order valence-corrected chi connectivity index (χ1v) is 7.27. The van der Waals surface area contributed by atoms with Crippen LogP contribution in [0, 0.1) is 6.92 Å². The first-order chi connectivity index (χ1) is 11.1. The fraction of sp³-hybridized carbons (Fsp3) is 0.375. The molecule has 23 heavy (non-hydrogen) atoms. The van der Waals surface area contributed by atoms with Gasteiger partial charge < -0.3 is 19.0 Å². The summed E-state index contributed by atoms with van der Waals surface area (Å²) in [4.78, 5) is 17.7. The predicted molar refractivity (Wildman–Crippen MR) is 81.0 cm³/mol. The van der Waals surface area contributed by atoms with Gasteiger partial charge in [0.1, 0.15) is 23.8 Å². The minimum atomic E-state index is -0.447. The second-order valence-electron chi connectivity index (χ2n) is 5.29. The smallest absolute Gasteiger partial charge is 0.410 e. The number of rotatable bonds is 5. The van der Waals surface area contributed by atoms with Crippen LogP contribution in [0.2, 0.25) is 0 Å². The van der Waals surface area contributed by atoms with Gasteiger partial charge in [0.25, 0.3) is 0 Å². The summed E-state index contributed by atoms with van der Waals surface area (Å²) < 4.78 is 15.8. The van der Waals surface area contributed by atoms with Crippen molar-refractivity contribution in [2.45, 2.75) is 19.5 Å². The van der Waals surface area contributed by atoms with Gasteiger partial charge in [-0.25, -0.2) is 9.78 Å². The van der Waals surface area contributed by atoms with E-state index in [0.29, 0.717) is 17.3 Å². The number of amides is 1. The highest BCUT2D eigenvalue weighted by molar-refractivity contribution is 5.70. The van der Waals surface area contributed by atoms with E-state index in [-0.39, 0.29) is 25.8 Å². The summed E-state index contributed by atoms with van der Waals surface area (Å²) in [5.74, 6) is 1.86. The van der Waals surface area contributed by atoms with Gasteiger partial charge in [-0.2, -0.15) is 0 Å². The molecule has 7 nitrogen and oxygen atoms in total. The van der Waals surface area contributed by atoms with E-state index in [9.17, 15) is 9.90 Å². The molecule has 3 rings (SSSR count). The number of cyclic esters (lactones) is 1. The van der Waals surface area contributed by atoms with Gasteiger partial charge in [-0.1, -0.05) is 0 Å². The average molecular weight is 318 g/mol. The number of aryl methyl sites for hydroxylation is 1. The van der Waals surface area contributed by atoms with Crippen LogP contribution >= 0.6 is 0 Å². The van der Waals surface area contributed by atoms with Crippen molar-refractivity contribution in [3.8, 4) is 17.2 Å². The predicted octanol–water partition coefficient (Wildman–Crippen LogP) is 1.97. The zero-order valence-electron chi connectivity index (χ0n) is 13.0. The van der Waals surface area contributed by atoms with Crippen molar-refractivity contribution in [2.75, 3.05) is 20.3 Å². The summed E-state index contributed by atoms with van der Waals surface area (Å²) in [7, 11) is 1.61. The van der Waals surface area contributed by atoms with Gasteiger partial charge in [0.15, 0.2) is 0 Å². The summed E-state index contributed by atoms with van der Waals surface area (Å²) in [5, 5.41) is 9.30. The second kappa shape index (κ2) is 6.29. The van der Waals surface area contributed by atoms with E-state index in [0.717, 1.165) is 11.3 Å². The van der Waals surface area contributed by atoms with Gasteiger partial charge in [-0.05, 0) is 31.2 Å². The number of aliphatic hydroxyl groups is 1. The van der Waals surface area contributed by atoms with Crippen molar-refractivity contribution in [3.63, 3.8) is 0 Å². The zero-order valence-corrected chi connectivity index (χ0v) is 13.0.